The lowest BCUT2D eigenvalue weighted by atomic mass is 10.1. The summed E-state index contributed by atoms with van der Waals surface area (Å²) in [5, 5.41) is 10.0. The predicted molar refractivity (Wildman–Crippen MR) is 148 cm³/mol. The lowest BCUT2D eigenvalue weighted by molar-refractivity contribution is -0.137. The molecule has 0 fully saturated rings. The van der Waals surface area contributed by atoms with Crippen LogP contribution in [-0.2, 0) is 31.5 Å². The number of halogens is 3. The van der Waals surface area contributed by atoms with Gasteiger partial charge < -0.3 is 15.0 Å². The summed E-state index contributed by atoms with van der Waals surface area (Å²) in [5.74, 6) is 0.976. The molecule has 0 unspecified atom stereocenters. The van der Waals surface area contributed by atoms with Gasteiger partial charge in [-0.2, -0.15) is 13.2 Å². The van der Waals surface area contributed by atoms with Gasteiger partial charge >= 0.3 is 6.18 Å². The number of para-hydroxylation sites is 1. The quantitative estimate of drug-likeness (QED) is 0.210. The number of benzene rings is 3. The maximum Gasteiger partial charge on any atom is 0.416 e. The molecule has 0 saturated carbocycles. The van der Waals surface area contributed by atoms with Gasteiger partial charge in [-0.05, 0) is 41.5 Å². The van der Waals surface area contributed by atoms with Crippen LogP contribution < -0.4 is 10.5 Å². The number of anilines is 1. The molecule has 2 N–H and O–H groups in total. The summed E-state index contributed by atoms with van der Waals surface area (Å²) in [6, 6.07) is 20.4. The smallest absolute Gasteiger partial charge is 0.392 e. The highest BCUT2D eigenvalue weighted by molar-refractivity contribution is 7.98. The van der Waals surface area contributed by atoms with Gasteiger partial charge in [-0.15, -0.1) is 0 Å². The number of imidazole rings is 1. The Balaban J connectivity index is 1.34. The monoisotopic (exact) mass is 563 g/mol. The average molecular weight is 564 g/mol. The zero-order chi connectivity index (χ0) is 27.9. The van der Waals surface area contributed by atoms with Gasteiger partial charge in [0.2, 0.25) is 5.95 Å². The van der Waals surface area contributed by atoms with Crippen molar-refractivity contribution in [2.45, 2.75) is 36.7 Å². The van der Waals surface area contributed by atoms with Crippen LogP contribution in [0.4, 0.5) is 19.1 Å². The standard InChI is InChI=1S/C29H24F3N5O2S/c30-29(31,32)20-9-10-24-25(14-20)34-27(33-24)36-12-11-23-22(15-36)26(39)37(21-7-2-1-3-8-21)28(35-23)40-17-19-6-4-5-18(13-19)16-38/h1-10,13-14,38H,11-12,15-17H2,(H,33,34). The van der Waals surface area contributed by atoms with E-state index in [0.29, 0.717) is 52.3 Å². The molecule has 0 atom stereocenters. The Morgan fingerprint density at radius 1 is 0.975 bits per heavy atom. The minimum Gasteiger partial charge on any atom is -0.392 e. The van der Waals surface area contributed by atoms with E-state index in [1.807, 2.05) is 59.5 Å². The largest absolute Gasteiger partial charge is 0.416 e. The van der Waals surface area contributed by atoms with E-state index in [0.717, 1.165) is 23.3 Å². The highest BCUT2D eigenvalue weighted by Crippen LogP contribution is 2.32. The molecule has 0 saturated heterocycles. The van der Waals surface area contributed by atoms with E-state index >= 15 is 0 Å². The summed E-state index contributed by atoms with van der Waals surface area (Å²) in [4.78, 5) is 28.2. The topological polar surface area (TPSA) is 87.0 Å². The van der Waals surface area contributed by atoms with Crippen molar-refractivity contribution in [2.24, 2.45) is 0 Å². The zero-order valence-electron chi connectivity index (χ0n) is 21.2. The van der Waals surface area contributed by atoms with Gasteiger partial charge in [0.15, 0.2) is 5.16 Å². The first-order valence-corrected chi connectivity index (χ1v) is 13.6. The Kier molecular flexibility index (Phi) is 6.85. The molecule has 40 heavy (non-hydrogen) atoms. The molecule has 204 valence electrons. The maximum absolute atomic E-state index is 13.9. The van der Waals surface area contributed by atoms with Gasteiger partial charge in [0.1, 0.15) is 0 Å². The molecule has 3 aromatic carbocycles. The number of nitrogens with one attached hydrogen (secondary N) is 1. The van der Waals surface area contributed by atoms with E-state index in [9.17, 15) is 23.1 Å². The number of nitrogens with zero attached hydrogens (tertiary/aromatic N) is 4. The Morgan fingerprint density at radius 3 is 2.55 bits per heavy atom. The highest BCUT2D eigenvalue weighted by atomic mass is 32.2. The van der Waals surface area contributed by atoms with Crippen LogP contribution in [0.2, 0.25) is 0 Å². The summed E-state index contributed by atoms with van der Waals surface area (Å²) >= 11 is 1.45. The van der Waals surface area contributed by atoms with Crippen molar-refractivity contribution < 1.29 is 18.3 Å². The fourth-order valence-electron chi connectivity index (χ4n) is 4.82. The number of thioether (sulfide) groups is 1. The second kappa shape index (κ2) is 10.5. The molecule has 0 spiro atoms. The number of fused-ring (bicyclic) bond motifs is 2. The summed E-state index contributed by atoms with van der Waals surface area (Å²) in [7, 11) is 0. The van der Waals surface area contributed by atoms with E-state index in [4.69, 9.17) is 4.98 Å². The van der Waals surface area contributed by atoms with Crippen molar-refractivity contribution in [2.75, 3.05) is 11.4 Å². The minimum atomic E-state index is -4.45. The Bertz CT molecular complexity index is 1750. The van der Waals surface area contributed by atoms with Crippen LogP contribution in [0.5, 0.6) is 0 Å². The van der Waals surface area contributed by atoms with Crippen LogP contribution in [0.25, 0.3) is 16.7 Å². The van der Waals surface area contributed by atoms with E-state index < -0.39 is 11.7 Å². The van der Waals surface area contributed by atoms with Crippen molar-refractivity contribution in [3.8, 4) is 5.69 Å². The number of aliphatic hydroxyl groups is 1. The van der Waals surface area contributed by atoms with Crippen LogP contribution in [0, 0.1) is 0 Å². The van der Waals surface area contributed by atoms with Gasteiger partial charge in [0.05, 0.1) is 46.7 Å². The summed E-state index contributed by atoms with van der Waals surface area (Å²) in [5.41, 5.74) is 3.51. The van der Waals surface area contributed by atoms with Crippen molar-refractivity contribution in [1.29, 1.82) is 0 Å². The molecule has 6 rings (SSSR count). The maximum atomic E-state index is 13.9. The van der Waals surface area contributed by atoms with Gasteiger partial charge in [-0.25, -0.2) is 9.97 Å². The highest BCUT2D eigenvalue weighted by Gasteiger charge is 2.31. The first-order valence-electron chi connectivity index (χ1n) is 12.6. The molecule has 1 aliphatic rings. The number of hydrogen-bond acceptors (Lipinski definition) is 6. The Hall–Kier alpha value is -4.09. The minimum absolute atomic E-state index is 0.0461. The van der Waals surface area contributed by atoms with E-state index in [1.54, 1.807) is 4.57 Å². The van der Waals surface area contributed by atoms with Crippen LogP contribution in [0.1, 0.15) is 27.9 Å². The SMILES string of the molecule is O=c1c2c(nc(SCc3cccc(CO)c3)n1-c1ccccc1)CCN(c1nc3ccc(C(F)(F)F)cc3[nH]1)C2. The van der Waals surface area contributed by atoms with Crippen LogP contribution in [0.15, 0.2) is 82.7 Å². The molecule has 2 aromatic heterocycles. The second-order valence-corrected chi connectivity index (χ2v) is 10.5. The first kappa shape index (κ1) is 26.1. The van der Waals surface area contributed by atoms with Crippen molar-refractivity contribution in [3.05, 3.63) is 111 Å². The molecule has 0 bridgehead atoms. The predicted octanol–water partition coefficient (Wildman–Crippen LogP) is 5.47. The molecule has 1 aliphatic heterocycles. The molecule has 11 heteroatoms. The molecule has 0 radical (unpaired) electrons. The summed E-state index contributed by atoms with van der Waals surface area (Å²) < 4.78 is 41.2. The summed E-state index contributed by atoms with van der Waals surface area (Å²) in [6.45, 7) is 0.683. The van der Waals surface area contributed by atoms with Crippen LogP contribution in [-0.4, -0.2) is 31.2 Å². The third kappa shape index (κ3) is 5.09. The molecule has 7 nitrogen and oxygen atoms in total. The Labute approximate surface area is 231 Å². The van der Waals surface area contributed by atoms with Crippen molar-refractivity contribution >= 4 is 28.7 Å². The summed E-state index contributed by atoms with van der Waals surface area (Å²) in [6.07, 6.45) is -3.96. The number of alkyl halides is 3. The fourth-order valence-corrected chi connectivity index (χ4v) is 5.79. The van der Waals surface area contributed by atoms with E-state index in [2.05, 4.69) is 9.97 Å². The third-order valence-electron chi connectivity index (χ3n) is 6.85. The molecular formula is C29H24F3N5O2S. The molecular weight excluding hydrogens is 539 g/mol. The van der Waals surface area contributed by atoms with Crippen LogP contribution in [0.3, 0.4) is 0 Å². The fraction of sp³-hybridized carbons (Fsp3) is 0.207. The normalized spacial score (nSPS) is 13.6. The second-order valence-electron chi connectivity index (χ2n) is 9.52. The first-order chi connectivity index (χ1) is 19.3. The number of hydrogen-bond donors (Lipinski definition) is 2. The number of aromatic amines is 1. The number of aromatic nitrogens is 4. The lowest BCUT2D eigenvalue weighted by Crippen LogP contribution is -2.38. The number of rotatable bonds is 6. The van der Waals surface area contributed by atoms with Gasteiger partial charge in [0, 0.05) is 18.7 Å². The van der Waals surface area contributed by atoms with E-state index in [1.165, 1.54) is 17.8 Å². The molecule has 0 aliphatic carbocycles. The van der Waals surface area contributed by atoms with Gasteiger partial charge in [0.25, 0.3) is 5.56 Å². The average Bonchev–Trinajstić information content (AvgIpc) is 3.40. The third-order valence-corrected chi connectivity index (χ3v) is 7.86. The molecule has 0 amide bonds. The number of aliphatic hydroxyl groups excluding tert-OH is 1. The van der Waals surface area contributed by atoms with Crippen molar-refractivity contribution in [1.82, 2.24) is 19.5 Å². The lowest BCUT2D eigenvalue weighted by Gasteiger charge is -2.28. The van der Waals surface area contributed by atoms with Gasteiger partial charge in [-0.3, -0.25) is 9.36 Å². The van der Waals surface area contributed by atoms with Crippen LogP contribution >= 0.6 is 11.8 Å². The molecule has 3 heterocycles. The van der Waals surface area contributed by atoms with E-state index in [-0.39, 0.29) is 24.2 Å². The Morgan fingerprint density at radius 2 is 1.77 bits per heavy atom. The molecule has 5 aromatic rings. The zero-order valence-corrected chi connectivity index (χ0v) is 22.0. The van der Waals surface area contributed by atoms with Crippen molar-refractivity contribution in [3.63, 3.8) is 0 Å². The van der Waals surface area contributed by atoms with Gasteiger partial charge in [-0.1, -0.05) is 54.2 Å². The number of H-pyrrole nitrogens is 1.